The number of fused-ring (bicyclic) bond motifs is 3. The fourth-order valence-electron chi connectivity index (χ4n) is 3.74. The van der Waals surface area contributed by atoms with Gasteiger partial charge in [-0.1, -0.05) is 65.7 Å². The highest BCUT2D eigenvalue weighted by atomic mass is 16.3. The van der Waals surface area contributed by atoms with Gasteiger partial charge < -0.3 is 9.73 Å². The molecule has 0 aliphatic rings. The summed E-state index contributed by atoms with van der Waals surface area (Å²) in [6.45, 7) is 4.22. The summed E-state index contributed by atoms with van der Waals surface area (Å²) in [5, 5.41) is 5.88. The van der Waals surface area contributed by atoms with E-state index < -0.39 is 0 Å². The molecule has 2 nitrogen and oxygen atoms in total. The normalized spacial score (nSPS) is 11.2. The molecule has 2 heteroatoms. The van der Waals surface area contributed by atoms with Gasteiger partial charge >= 0.3 is 0 Å². The molecule has 0 bridgehead atoms. The minimum atomic E-state index is 0.922. The van der Waals surface area contributed by atoms with Gasteiger partial charge in [0.15, 0.2) is 0 Å². The van der Waals surface area contributed by atoms with E-state index in [2.05, 4.69) is 92.0 Å². The Morgan fingerprint density at radius 2 is 1.39 bits per heavy atom. The smallest absolute Gasteiger partial charge is 0.143 e. The zero-order chi connectivity index (χ0) is 19.1. The molecule has 0 spiro atoms. The van der Waals surface area contributed by atoms with E-state index in [1.807, 2.05) is 12.1 Å². The fraction of sp³-hybridized carbons (Fsp3) is 0.0769. The molecule has 4 aromatic carbocycles. The van der Waals surface area contributed by atoms with E-state index in [4.69, 9.17) is 4.42 Å². The first-order valence-corrected chi connectivity index (χ1v) is 9.54. The molecule has 1 heterocycles. The molecule has 136 valence electrons. The first-order chi connectivity index (χ1) is 13.7. The molecule has 5 rings (SSSR count). The average Bonchev–Trinajstić information content (AvgIpc) is 3.10. The first kappa shape index (κ1) is 16.6. The maximum atomic E-state index is 6.27. The third-order valence-electron chi connectivity index (χ3n) is 5.20. The van der Waals surface area contributed by atoms with E-state index in [0.29, 0.717) is 0 Å². The first-order valence-electron chi connectivity index (χ1n) is 9.54. The van der Waals surface area contributed by atoms with Gasteiger partial charge in [-0.05, 0) is 44.2 Å². The van der Waals surface area contributed by atoms with Crippen LogP contribution < -0.4 is 5.32 Å². The van der Waals surface area contributed by atoms with E-state index in [-0.39, 0.29) is 0 Å². The van der Waals surface area contributed by atoms with Crippen LogP contribution in [0.15, 0.2) is 89.3 Å². The lowest BCUT2D eigenvalue weighted by atomic mass is 9.98. The van der Waals surface area contributed by atoms with Gasteiger partial charge in [-0.2, -0.15) is 0 Å². The number of anilines is 2. The van der Waals surface area contributed by atoms with Crippen molar-refractivity contribution in [2.45, 2.75) is 13.8 Å². The standard InChI is InChI=1S/C26H21NO/c1-17-10-13-19(14-11-17)27-24-15-12-18(2)16-23(24)22-8-5-7-21-20-6-3-4-9-25(20)28-26(21)22/h3-16,27H,1-2H3. The number of para-hydroxylation sites is 2. The molecule has 28 heavy (non-hydrogen) atoms. The monoisotopic (exact) mass is 363 g/mol. The van der Waals surface area contributed by atoms with Gasteiger partial charge in [0, 0.05) is 33.3 Å². The SMILES string of the molecule is Cc1ccc(Nc2ccc(C)cc2-c2cccc3c2oc2ccccc23)cc1. The molecule has 0 unspecified atom stereocenters. The van der Waals surface area contributed by atoms with Crippen LogP contribution in [0, 0.1) is 13.8 Å². The highest BCUT2D eigenvalue weighted by Crippen LogP contribution is 2.39. The third-order valence-corrected chi connectivity index (χ3v) is 5.20. The zero-order valence-electron chi connectivity index (χ0n) is 16.0. The summed E-state index contributed by atoms with van der Waals surface area (Å²) in [5.74, 6) is 0. The van der Waals surface area contributed by atoms with E-state index in [0.717, 1.165) is 44.4 Å². The van der Waals surface area contributed by atoms with Gasteiger partial charge in [0.05, 0.1) is 0 Å². The predicted molar refractivity (Wildman–Crippen MR) is 118 cm³/mol. The summed E-state index contributed by atoms with van der Waals surface area (Å²) >= 11 is 0. The van der Waals surface area contributed by atoms with Crippen LogP contribution in [-0.4, -0.2) is 0 Å². The van der Waals surface area contributed by atoms with Crippen LogP contribution in [0.2, 0.25) is 0 Å². The number of furan rings is 1. The van der Waals surface area contributed by atoms with Gasteiger partial charge in [0.2, 0.25) is 0 Å². The molecule has 0 saturated heterocycles. The number of aryl methyl sites for hydroxylation is 2. The van der Waals surface area contributed by atoms with Crippen molar-refractivity contribution >= 4 is 33.3 Å². The maximum Gasteiger partial charge on any atom is 0.143 e. The lowest BCUT2D eigenvalue weighted by molar-refractivity contribution is 0.670. The van der Waals surface area contributed by atoms with Crippen LogP contribution in [0.25, 0.3) is 33.1 Å². The molecular weight excluding hydrogens is 342 g/mol. The summed E-state index contributed by atoms with van der Waals surface area (Å²) in [4.78, 5) is 0. The average molecular weight is 363 g/mol. The van der Waals surface area contributed by atoms with Crippen molar-refractivity contribution in [3.05, 3.63) is 96.1 Å². The van der Waals surface area contributed by atoms with Gasteiger partial charge in [-0.25, -0.2) is 0 Å². The molecule has 0 fully saturated rings. The van der Waals surface area contributed by atoms with Crippen molar-refractivity contribution < 1.29 is 4.42 Å². The highest BCUT2D eigenvalue weighted by Gasteiger charge is 2.14. The summed E-state index contributed by atoms with van der Waals surface area (Å²) in [7, 11) is 0. The summed E-state index contributed by atoms with van der Waals surface area (Å²) in [6, 6.07) is 29.6. The molecule has 1 aromatic heterocycles. The largest absolute Gasteiger partial charge is 0.455 e. The molecule has 0 atom stereocenters. The Morgan fingerprint density at radius 3 is 2.25 bits per heavy atom. The van der Waals surface area contributed by atoms with E-state index in [9.17, 15) is 0 Å². The molecule has 0 amide bonds. The minimum absolute atomic E-state index is 0.922. The maximum absolute atomic E-state index is 6.27. The number of hydrogen-bond donors (Lipinski definition) is 1. The Morgan fingerprint density at radius 1 is 0.643 bits per heavy atom. The second kappa shape index (κ2) is 6.58. The summed E-state index contributed by atoms with van der Waals surface area (Å²) < 4.78 is 6.27. The summed E-state index contributed by atoms with van der Waals surface area (Å²) in [5.41, 5.74) is 8.72. The van der Waals surface area contributed by atoms with Crippen LogP contribution in [0.3, 0.4) is 0 Å². The molecular formula is C26H21NO. The van der Waals surface area contributed by atoms with Crippen molar-refractivity contribution in [2.75, 3.05) is 5.32 Å². The lowest BCUT2D eigenvalue weighted by Gasteiger charge is -2.14. The number of hydrogen-bond acceptors (Lipinski definition) is 2. The molecule has 0 aliphatic carbocycles. The number of benzene rings is 4. The van der Waals surface area contributed by atoms with E-state index in [1.54, 1.807) is 0 Å². The molecule has 1 N–H and O–H groups in total. The second-order valence-corrected chi connectivity index (χ2v) is 7.32. The topological polar surface area (TPSA) is 25.2 Å². The Hall–Kier alpha value is -3.52. The predicted octanol–water partition coefficient (Wildman–Crippen LogP) is 7.61. The number of nitrogens with one attached hydrogen (secondary N) is 1. The Balaban J connectivity index is 1.71. The van der Waals surface area contributed by atoms with Crippen LogP contribution in [-0.2, 0) is 0 Å². The van der Waals surface area contributed by atoms with Crippen molar-refractivity contribution in [1.82, 2.24) is 0 Å². The fourth-order valence-corrected chi connectivity index (χ4v) is 3.74. The van der Waals surface area contributed by atoms with Gasteiger partial charge in [-0.3, -0.25) is 0 Å². The van der Waals surface area contributed by atoms with Crippen LogP contribution in [0.5, 0.6) is 0 Å². The molecule has 0 saturated carbocycles. The van der Waals surface area contributed by atoms with E-state index >= 15 is 0 Å². The quantitative estimate of drug-likeness (QED) is 0.357. The van der Waals surface area contributed by atoms with Gasteiger partial charge in [-0.15, -0.1) is 0 Å². The molecule has 5 aromatic rings. The van der Waals surface area contributed by atoms with Gasteiger partial charge in [0.1, 0.15) is 11.2 Å². The number of rotatable bonds is 3. The third kappa shape index (κ3) is 2.84. The van der Waals surface area contributed by atoms with Crippen LogP contribution >= 0.6 is 0 Å². The minimum Gasteiger partial charge on any atom is -0.455 e. The van der Waals surface area contributed by atoms with Crippen molar-refractivity contribution in [3.63, 3.8) is 0 Å². The van der Waals surface area contributed by atoms with E-state index in [1.165, 1.54) is 11.1 Å². The molecule has 0 radical (unpaired) electrons. The second-order valence-electron chi connectivity index (χ2n) is 7.32. The highest BCUT2D eigenvalue weighted by molar-refractivity contribution is 6.10. The Labute approximate surface area is 164 Å². The Kier molecular flexibility index (Phi) is 3.91. The van der Waals surface area contributed by atoms with Crippen molar-refractivity contribution in [2.24, 2.45) is 0 Å². The van der Waals surface area contributed by atoms with Crippen molar-refractivity contribution in [1.29, 1.82) is 0 Å². The molecule has 0 aliphatic heterocycles. The lowest BCUT2D eigenvalue weighted by Crippen LogP contribution is -1.94. The zero-order valence-corrected chi connectivity index (χ0v) is 16.0. The van der Waals surface area contributed by atoms with Crippen LogP contribution in [0.1, 0.15) is 11.1 Å². The Bertz CT molecular complexity index is 1300. The summed E-state index contributed by atoms with van der Waals surface area (Å²) in [6.07, 6.45) is 0. The van der Waals surface area contributed by atoms with Crippen molar-refractivity contribution in [3.8, 4) is 11.1 Å². The van der Waals surface area contributed by atoms with Crippen LogP contribution in [0.4, 0.5) is 11.4 Å². The van der Waals surface area contributed by atoms with Gasteiger partial charge in [0.25, 0.3) is 0 Å².